The number of methoxy groups -OCH3 is 1. The number of carbonyl (C=O) groups excluding carboxylic acids is 1. The summed E-state index contributed by atoms with van der Waals surface area (Å²) in [6.45, 7) is 0. The van der Waals surface area contributed by atoms with Crippen molar-refractivity contribution in [3.63, 3.8) is 0 Å². The molecule has 33 heavy (non-hydrogen) atoms. The van der Waals surface area contributed by atoms with E-state index in [1.807, 2.05) is 42.5 Å². The minimum atomic E-state index is -1.06. The van der Waals surface area contributed by atoms with Gasteiger partial charge < -0.3 is 15.4 Å². The number of aromatic amines is 1. The molecule has 2 heterocycles. The quantitative estimate of drug-likeness (QED) is 0.445. The number of ether oxygens (including phenoxy) is 1. The number of carbonyl (C=O) groups is 1. The second kappa shape index (κ2) is 8.13. The molecule has 4 aromatic rings. The number of H-pyrrole nitrogens is 1. The van der Waals surface area contributed by atoms with Crippen LogP contribution in [0, 0.1) is 17.2 Å². The molecule has 2 atom stereocenters. The minimum absolute atomic E-state index is 0.143. The van der Waals surface area contributed by atoms with Crippen molar-refractivity contribution in [1.29, 1.82) is 5.26 Å². The molecule has 3 N–H and O–H groups in total. The number of aromatic nitrogens is 2. The number of rotatable bonds is 4. The van der Waals surface area contributed by atoms with Gasteiger partial charge in [0.1, 0.15) is 17.5 Å². The molecule has 1 amide bonds. The summed E-state index contributed by atoms with van der Waals surface area (Å²) in [5.74, 6) is -1.29. The van der Waals surface area contributed by atoms with Crippen LogP contribution in [0.4, 0.5) is 17.5 Å². The van der Waals surface area contributed by atoms with E-state index in [4.69, 9.17) is 4.74 Å². The first-order valence-electron chi connectivity index (χ1n) is 10.3. The number of hydrogen-bond donors (Lipinski definition) is 3. The van der Waals surface area contributed by atoms with E-state index in [1.54, 1.807) is 31.4 Å². The third-order valence-corrected chi connectivity index (χ3v) is 5.77. The molecule has 3 aromatic carbocycles. The number of fused-ring (bicyclic) bond motifs is 2. The molecule has 1 aliphatic heterocycles. The standard InChI is InChI=1S/C25H19N5O3/c1-33-16-11-9-15(10-12-16)27-25-29-22-21(24(32)30-25)20(19(13-26)23(31)28-22)18-8-4-6-14-5-2-3-7-17(14)18/h2-12,19-20H,1H3,(H3,27,28,29,30,31,32)/t19-,20-/m0/s1. The zero-order valence-electron chi connectivity index (χ0n) is 17.6. The lowest BCUT2D eigenvalue weighted by molar-refractivity contribution is -0.119. The van der Waals surface area contributed by atoms with E-state index in [0.717, 1.165) is 16.3 Å². The summed E-state index contributed by atoms with van der Waals surface area (Å²) in [5.41, 5.74) is 1.26. The molecule has 0 aliphatic carbocycles. The second-order valence-electron chi connectivity index (χ2n) is 7.67. The summed E-state index contributed by atoms with van der Waals surface area (Å²) in [6.07, 6.45) is 0. The van der Waals surface area contributed by atoms with E-state index in [1.165, 1.54) is 0 Å². The summed E-state index contributed by atoms with van der Waals surface area (Å²) in [6, 6.07) is 22.5. The number of hydrogen-bond acceptors (Lipinski definition) is 6. The van der Waals surface area contributed by atoms with Gasteiger partial charge in [-0.25, -0.2) is 0 Å². The Morgan fingerprint density at radius 3 is 2.55 bits per heavy atom. The van der Waals surface area contributed by atoms with Crippen LogP contribution in [0.25, 0.3) is 10.8 Å². The van der Waals surface area contributed by atoms with Gasteiger partial charge in [-0.15, -0.1) is 0 Å². The molecule has 0 bridgehead atoms. The zero-order valence-corrected chi connectivity index (χ0v) is 17.6. The van der Waals surface area contributed by atoms with Gasteiger partial charge in [0.05, 0.1) is 18.7 Å². The predicted molar refractivity (Wildman–Crippen MR) is 125 cm³/mol. The van der Waals surface area contributed by atoms with E-state index < -0.39 is 23.3 Å². The Bertz CT molecular complexity index is 1470. The van der Waals surface area contributed by atoms with Crippen LogP contribution < -0.4 is 20.9 Å². The van der Waals surface area contributed by atoms with Crippen LogP contribution in [0.2, 0.25) is 0 Å². The van der Waals surface area contributed by atoms with Crippen LogP contribution in [0.15, 0.2) is 71.5 Å². The molecule has 0 spiro atoms. The first-order valence-corrected chi connectivity index (χ1v) is 10.3. The third kappa shape index (κ3) is 3.55. The molecule has 0 fully saturated rings. The monoisotopic (exact) mass is 437 g/mol. The van der Waals surface area contributed by atoms with E-state index in [-0.39, 0.29) is 17.3 Å². The molecule has 0 unspecified atom stereocenters. The van der Waals surface area contributed by atoms with Crippen LogP contribution in [-0.4, -0.2) is 23.0 Å². The molecule has 5 rings (SSSR count). The average molecular weight is 437 g/mol. The van der Waals surface area contributed by atoms with Crippen molar-refractivity contribution in [2.75, 3.05) is 17.7 Å². The highest BCUT2D eigenvalue weighted by Gasteiger charge is 2.40. The van der Waals surface area contributed by atoms with Gasteiger partial charge in [-0.1, -0.05) is 42.5 Å². The Labute approximate surface area is 188 Å². The lowest BCUT2D eigenvalue weighted by atomic mass is 9.77. The Morgan fingerprint density at radius 2 is 1.79 bits per heavy atom. The molecule has 1 aromatic heterocycles. The van der Waals surface area contributed by atoms with Gasteiger partial charge in [0.2, 0.25) is 11.9 Å². The van der Waals surface area contributed by atoms with Crippen molar-refractivity contribution < 1.29 is 9.53 Å². The Hall–Kier alpha value is -4.64. The first kappa shape index (κ1) is 20.3. The minimum Gasteiger partial charge on any atom is -0.497 e. The summed E-state index contributed by atoms with van der Waals surface area (Å²) < 4.78 is 5.15. The Balaban J connectivity index is 1.63. The smallest absolute Gasteiger partial charge is 0.258 e. The maximum Gasteiger partial charge on any atom is 0.258 e. The molecular weight excluding hydrogens is 418 g/mol. The maximum absolute atomic E-state index is 13.2. The van der Waals surface area contributed by atoms with Crippen molar-refractivity contribution in [1.82, 2.24) is 9.97 Å². The molecule has 8 heteroatoms. The van der Waals surface area contributed by atoms with E-state index in [0.29, 0.717) is 11.4 Å². The average Bonchev–Trinajstić information content (AvgIpc) is 2.83. The van der Waals surface area contributed by atoms with Gasteiger partial charge in [-0.05, 0) is 40.6 Å². The Kier molecular flexibility index (Phi) is 4.99. The number of nitrogens with one attached hydrogen (secondary N) is 3. The molecule has 0 saturated carbocycles. The van der Waals surface area contributed by atoms with Gasteiger partial charge in [-0.2, -0.15) is 10.2 Å². The highest BCUT2D eigenvalue weighted by Crippen LogP contribution is 2.40. The van der Waals surface area contributed by atoms with Crippen molar-refractivity contribution >= 4 is 34.1 Å². The highest BCUT2D eigenvalue weighted by molar-refractivity contribution is 5.99. The SMILES string of the molecule is COc1ccc(Nc2nc3c(c(=O)[nH]2)[C@@H](c2cccc4ccccc24)[C@H](C#N)C(=O)N3)cc1. The van der Waals surface area contributed by atoms with Crippen molar-refractivity contribution in [2.24, 2.45) is 5.92 Å². The molecule has 162 valence electrons. The lowest BCUT2D eigenvalue weighted by Gasteiger charge is -2.29. The summed E-state index contributed by atoms with van der Waals surface area (Å²) in [4.78, 5) is 33.3. The fourth-order valence-corrected chi connectivity index (χ4v) is 4.24. The highest BCUT2D eigenvalue weighted by atomic mass is 16.5. The van der Waals surface area contributed by atoms with Gasteiger partial charge in [0, 0.05) is 11.6 Å². The van der Waals surface area contributed by atoms with E-state index in [9.17, 15) is 14.9 Å². The third-order valence-electron chi connectivity index (χ3n) is 5.77. The normalized spacial score (nSPS) is 17.0. The lowest BCUT2D eigenvalue weighted by Crippen LogP contribution is -2.38. The predicted octanol–water partition coefficient (Wildman–Crippen LogP) is 3.90. The van der Waals surface area contributed by atoms with Crippen molar-refractivity contribution in [3.05, 3.63) is 88.2 Å². The largest absolute Gasteiger partial charge is 0.497 e. The zero-order chi connectivity index (χ0) is 22.9. The van der Waals surface area contributed by atoms with Crippen molar-refractivity contribution in [3.8, 4) is 11.8 Å². The van der Waals surface area contributed by atoms with Gasteiger partial charge >= 0.3 is 0 Å². The molecule has 0 radical (unpaired) electrons. The number of nitriles is 1. The van der Waals surface area contributed by atoms with Crippen LogP contribution in [0.3, 0.4) is 0 Å². The van der Waals surface area contributed by atoms with Gasteiger partial charge in [0.15, 0.2) is 0 Å². The fourth-order valence-electron chi connectivity index (χ4n) is 4.24. The van der Waals surface area contributed by atoms with Crippen LogP contribution >= 0.6 is 0 Å². The number of amides is 1. The summed E-state index contributed by atoms with van der Waals surface area (Å²) >= 11 is 0. The summed E-state index contributed by atoms with van der Waals surface area (Å²) in [5, 5.41) is 17.3. The van der Waals surface area contributed by atoms with Gasteiger partial charge in [0.25, 0.3) is 5.56 Å². The van der Waals surface area contributed by atoms with Crippen LogP contribution in [0.5, 0.6) is 5.75 Å². The maximum atomic E-state index is 13.2. The molecular formula is C25H19N5O3. The fraction of sp³-hybridized carbons (Fsp3) is 0.120. The van der Waals surface area contributed by atoms with Gasteiger partial charge in [-0.3, -0.25) is 14.6 Å². The number of anilines is 3. The van der Waals surface area contributed by atoms with Crippen LogP contribution in [0.1, 0.15) is 17.0 Å². The molecule has 0 saturated heterocycles. The van der Waals surface area contributed by atoms with E-state index in [2.05, 4.69) is 26.7 Å². The topological polar surface area (TPSA) is 120 Å². The number of benzene rings is 3. The van der Waals surface area contributed by atoms with Crippen LogP contribution in [-0.2, 0) is 4.79 Å². The number of nitrogens with zero attached hydrogens (tertiary/aromatic N) is 2. The Morgan fingerprint density at radius 1 is 1.03 bits per heavy atom. The van der Waals surface area contributed by atoms with E-state index >= 15 is 0 Å². The molecule has 8 nitrogen and oxygen atoms in total. The molecule has 1 aliphatic rings. The van der Waals surface area contributed by atoms with Crippen molar-refractivity contribution in [2.45, 2.75) is 5.92 Å². The first-order chi connectivity index (χ1) is 16.1. The summed E-state index contributed by atoms with van der Waals surface area (Å²) in [7, 11) is 1.58. The second-order valence-corrected chi connectivity index (χ2v) is 7.67.